The van der Waals surface area contributed by atoms with Crippen molar-refractivity contribution >= 4 is 15.8 Å². The number of nitrogens with one attached hydrogen (secondary N) is 1. The summed E-state index contributed by atoms with van der Waals surface area (Å²) >= 11 is 0. The monoisotopic (exact) mass is 394 g/mol. The molecular weight excluding hydrogens is 371 g/mol. The Morgan fingerprint density at radius 2 is 1.89 bits per heavy atom. The molecule has 0 radical (unpaired) electrons. The van der Waals surface area contributed by atoms with E-state index in [9.17, 15) is 12.8 Å². The van der Waals surface area contributed by atoms with Crippen molar-refractivity contribution in [1.29, 1.82) is 0 Å². The van der Waals surface area contributed by atoms with Gasteiger partial charge in [-0.2, -0.15) is 4.31 Å². The highest BCUT2D eigenvalue weighted by molar-refractivity contribution is 7.89. The average molecular weight is 394 g/mol. The Hall–Kier alpha value is -2.23. The number of hydrogen-bond donors (Lipinski definition) is 1. The molecule has 1 fully saturated rings. The Bertz CT molecular complexity index is 853. The van der Waals surface area contributed by atoms with E-state index in [1.165, 1.54) is 16.6 Å². The number of halogens is 1. The van der Waals surface area contributed by atoms with E-state index >= 15 is 0 Å². The van der Waals surface area contributed by atoms with Crippen LogP contribution in [0.2, 0.25) is 0 Å². The molecule has 1 aromatic heterocycles. The van der Waals surface area contributed by atoms with Crippen molar-refractivity contribution in [3.63, 3.8) is 0 Å². The maximum Gasteiger partial charge on any atom is 0.244 e. The number of hydrogen-bond acceptors (Lipinski definition) is 6. The smallest absolute Gasteiger partial charge is 0.244 e. The Kier molecular flexibility index (Phi) is 6.25. The van der Waals surface area contributed by atoms with Gasteiger partial charge in [-0.05, 0) is 31.3 Å². The summed E-state index contributed by atoms with van der Waals surface area (Å²) in [7, 11) is -1.54. The molecule has 0 aliphatic carbocycles. The molecule has 1 aliphatic heterocycles. The molecule has 27 heavy (non-hydrogen) atoms. The molecule has 0 bridgehead atoms. The number of benzene rings is 1. The van der Waals surface area contributed by atoms with Crippen molar-refractivity contribution in [2.24, 2.45) is 0 Å². The normalized spacial score (nSPS) is 16.2. The highest BCUT2D eigenvalue weighted by Gasteiger charge is 2.27. The molecule has 3 rings (SSSR count). The van der Waals surface area contributed by atoms with Gasteiger partial charge in [0, 0.05) is 32.4 Å². The number of ether oxygens (including phenoxy) is 1. The van der Waals surface area contributed by atoms with Crippen molar-refractivity contribution < 1.29 is 17.5 Å². The van der Waals surface area contributed by atoms with Gasteiger partial charge in [0.25, 0.3) is 0 Å². The van der Waals surface area contributed by atoms with Crippen LogP contribution in [-0.2, 0) is 10.0 Å². The topological polar surface area (TPSA) is 74.8 Å². The van der Waals surface area contributed by atoms with Crippen molar-refractivity contribution in [2.45, 2.75) is 4.90 Å². The second-order valence-corrected chi connectivity index (χ2v) is 8.23. The van der Waals surface area contributed by atoms with E-state index < -0.39 is 15.8 Å². The number of pyridine rings is 1. The van der Waals surface area contributed by atoms with Gasteiger partial charge in [-0.3, -0.25) is 0 Å². The van der Waals surface area contributed by atoms with E-state index in [-0.39, 0.29) is 17.3 Å². The summed E-state index contributed by atoms with van der Waals surface area (Å²) in [4.78, 5) is 6.44. The molecule has 0 spiro atoms. The Morgan fingerprint density at radius 3 is 2.56 bits per heavy atom. The van der Waals surface area contributed by atoms with E-state index in [0.29, 0.717) is 38.5 Å². The first-order valence-electron chi connectivity index (χ1n) is 8.73. The number of para-hydroxylation sites is 1. The van der Waals surface area contributed by atoms with E-state index in [0.717, 1.165) is 0 Å². The van der Waals surface area contributed by atoms with Gasteiger partial charge >= 0.3 is 0 Å². The van der Waals surface area contributed by atoms with Gasteiger partial charge in [-0.25, -0.2) is 17.8 Å². The number of piperazine rings is 1. The molecule has 0 saturated carbocycles. The summed E-state index contributed by atoms with van der Waals surface area (Å²) in [5.41, 5.74) is 0. The fourth-order valence-corrected chi connectivity index (χ4v) is 4.08. The average Bonchev–Trinajstić information content (AvgIpc) is 2.67. The van der Waals surface area contributed by atoms with E-state index in [4.69, 9.17) is 4.74 Å². The SMILES string of the molecule is CN1CCN(S(=O)(=O)c2ccc(NCCOc3ccccc3F)nc2)CC1. The Morgan fingerprint density at radius 1 is 1.15 bits per heavy atom. The number of aromatic nitrogens is 1. The quantitative estimate of drug-likeness (QED) is 0.720. The molecule has 0 unspecified atom stereocenters. The first-order chi connectivity index (χ1) is 13.0. The summed E-state index contributed by atoms with van der Waals surface area (Å²) < 4.78 is 45.6. The van der Waals surface area contributed by atoms with Gasteiger partial charge in [0.05, 0.1) is 6.54 Å². The zero-order valence-electron chi connectivity index (χ0n) is 15.1. The molecule has 0 atom stereocenters. The molecular formula is C18H23FN4O3S. The van der Waals surface area contributed by atoms with E-state index in [1.807, 2.05) is 7.05 Å². The van der Waals surface area contributed by atoms with Crippen LogP contribution in [-0.4, -0.2) is 69.0 Å². The molecule has 9 heteroatoms. The summed E-state index contributed by atoms with van der Waals surface area (Å²) in [6.45, 7) is 3.05. The van der Waals surface area contributed by atoms with Crippen LogP contribution in [0.5, 0.6) is 5.75 Å². The zero-order valence-corrected chi connectivity index (χ0v) is 16.0. The lowest BCUT2D eigenvalue weighted by Gasteiger charge is -2.31. The maximum absolute atomic E-state index is 13.4. The van der Waals surface area contributed by atoms with Crippen molar-refractivity contribution in [1.82, 2.24) is 14.2 Å². The third-order valence-electron chi connectivity index (χ3n) is 4.34. The number of likely N-dealkylation sites (N-methyl/N-ethyl adjacent to an activating group) is 1. The predicted octanol–water partition coefficient (Wildman–Crippen LogP) is 1.65. The maximum atomic E-state index is 13.4. The minimum absolute atomic E-state index is 0.181. The minimum Gasteiger partial charge on any atom is -0.489 e. The summed E-state index contributed by atoms with van der Waals surface area (Å²) in [6.07, 6.45) is 1.35. The second-order valence-electron chi connectivity index (χ2n) is 6.29. The molecule has 2 aromatic rings. The van der Waals surface area contributed by atoms with Gasteiger partial charge in [0.1, 0.15) is 17.3 Å². The molecule has 1 saturated heterocycles. The number of rotatable bonds is 7. The molecule has 1 N–H and O–H groups in total. The van der Waals surface area contributed by atoms with Crippen LogP contribution in [0.25, 0.3) is 0 Å². The Labute approximate surface area is 158 Å². The van der Waals surface area contributed by atoms with Crippen LogP contribution in [0.3, 0.4) is 0 Å². The third-order valence-corrected chi connectivity index (χ3v) is 6.22. The standard InChI is InChI=1S/C18H23FN4O3S/c1-22-9-11-23(12-10-22)27(24,25)15-6-7-18(21-14-15)20-8-13-26-17-5-3-2-4-16(17)19/h2-7,14H,8-13H2,1H3,(H,20,21). The lowest BCUT2D eigenvalue weighted by atomic mass is 10.3. The minimum atomic E-state index is -3.52. The van der Waals surface area contributed by atoms with Crippen LogP contribution >= 0.6 is 0 Å². The fraction of sp³-hybridized carbons (Fsp3) is 0.389. The second kappa shape index (κ2) is 8.64. The van der Waals surface area contributed by atoms with E-state index in [1.54, 1.807) is 30.3 Å². The van der Waals surface area contributed by atoms with Crippen LogP contribution in [0.4, 0.5) is 10.2 Å². The zero-order chi connectivity index (χ0) is 19.3. The first kappa shape index (κ1) is 19.5. The molecule has 1 aromatic carbocycles. The first-order valence-corrected chi connectivity index (χ1v) is 10.2. The van der Waals surface area contributed by atoms with Gasteiger partial charge < -0.3 is 15.0 Å². The van der Waals surface area contributed by atoms with Gasteiger partial charge in [0.2, 0.25) is 10.0 Å². The van der Waals surface area contributed by atoms with Crippen LogP contribution < -0.4 is 10.1 Å². The lowest BCUT2D eigenvalue weighted by Crippen LogP contribution is -2.47. The van der Waals surface area contributed by atoms with Gasteiger partial charge in [-0.1, -0.05) is 12.1 Å². The van der Waals surface area contributed by atoms with Crippen molar-refractivity contribution in [2.75, 3.05) is 51.7 Å². The van der Waals surface area contributed by atoms with Crippen LogP contribution in [0.15, 0.2) is 47.5 Å². The van der Waals surface area contributed by atoms with E-state index in [2.05, 4.69) is 15.2 Å². The molecule has 0 amide bonds. The summed E-state index contributed by atoms with van der Waals surface area (Å²) in [6, 6.07) is 9.36. The lowest BCUT2D eigenvalue weighted by molar-refractivity contribution is 0.222. The highest BCUT2D eigenvalue weighted by Crippen LogP contribution is 2.18. The number of anilines is 1. The largest absolute Gasteiger partial charge is 0.489 e. The molecule has 1 aliphatic rings. The van der Waals surface area contributed by atoms with Gasteiger partial charge in [0.15, 0.2) is 11.6 Å². The number of nitrogens with zero attached hydrogens (tertiary/aromatic N) is 3. The van der Waals surface area contributed by atoms with Crippen LogP contribution in [0.1, 0.15) is 0 Å². The fourth-order valence-electron chi connectivity index (χ4n) is 2.72. The van der Waals surface area contributed by atoms with Crippen molar-refractivity contribution in [3.05, 3.63) is 48.4 Å². The third kappa shape index (κ3) is 4.94. The predicted molar refractivity (Wildman–Crippen MR) is 101 cm³/mol. The molecule has 2 heterocycles. The molecule has 146 valence electrons. The Balaban J connectivity index is 1.52. The van der Waals surface area contributed by atoms with Gasteiger partial charge in [-0.15, -0.1) is 0 Å². The van der Waals surface area contributed by atoms with Crippen molar-refractivity contribution in [3.8, 4) is 5.75 Å². The number of sulfonamides is 1. The summed E-state index contributed by atoms with van der Waals surface area (Å²) in [5.74, 6) is 0.319. The van der Waals surface area contributed by atoms with Crippen LogP contribution in [0, 0.1) is 5.82 Å². The highest BCUT2D eigenvalue weighted by atomic mass is 32.2. The molecule has 7 nitrogen and oxygen atoms in total. The summed E-state index contributed by atoms with van der Waals surface area (Å²) in [5, 5.41) is 3.02.